The molecular formula is C15H12Cl2N2O. The van der Waals surface area contributed by atoms with Crippen molar-refractivity contribution in [2.24, 2.45) is 0 Å². The van der Waals surface area contributed by atoms with Crippen molar-refractivity contribution in [1.82, 2.24) is 9.88 Å². The first-order valence-electron chi connectivity index (χ1n) is 6.24. The fraction of sp³-hybridized carbons (Fsp3) is 0.200. The van der Waals surface area contributed by atoms with E-state index in [0.29, 0.717) is 28.7 Å². The van der Waals surface area contributed by atoms with Gasteiger partial charge in [0.15, 0.2) is 0 Å². The van der Waals surface area contributed by atoms with Crippen LogP contribution in [0.2, 0.25) is 10.0 Å². The summed E-state index contributed by atoms with van der Waals surface area (Å²) < 4.78 is 0. The molecule has 0 saturated carbocycles. The second-order valence-electron chi connectivity index (χ2n) is 4.84. The van der Waals surface area contributed by atoms with Crippen LogP contribution in [-0.2, 0) is 13.1 Å². The number of hydrogen-bond donors (Lipinski definition) is 0. The number of nitrogens with zero attached hydrogens (tertiary/aromatic N) is 2. The van der Waals surface area contributed by atoms with Gasteiger partial charge in [-0.2, -0.15) is 0 Å². The van der Waals surface area contributed by atoms with Crippen LogP contribution in [0.5, 0.6) is 0 Å². The fourth-order valence-corrected chi connectivity index (χ4v) is 3.09. The Morgan fingerprint density at radius 1 is 1.35 bits per heavy atom. The quantitative estimate of drug-likeness (QED) is 0.844. The van der Waals surface area contributed by atoms with Crippen molar-refractivity contribution in [3.05, 3.63) is 62.9 Å². The number of amides is 1. The van der Waals surface area contributed by atoms with E-state index in [4.69, 9.17) is 23.2 Å². The summed E-state index contributed by atoms with van der Waals surface area (Å²) in [6.45, 7) is 2.93. The molecule has 0 fully saturated rings. The van der Waals surface area contributed by atoms with Crippen molar-refractivity contribution >= 4 is 29.1 Å². The van der Waals surface area contributed by atoms with Crippen molar-refractivity contribution in [3.63, 3.8) is 0 Å². The predicted octanol–water partition coefficient (Wildman–Crippen LogP) is 3.85. The molecule has 0 unspecified atom stereocenters. The highest BCUT2D eigenvalue weighted by Crippen LogP contribution is 2.29. The molecule has 0 N–H and O–H groups in total. The van der Waals surface area contributed by atoms with E-state index in [1.807, 2.05) is 13.0 Å². The number of fused-ring (bicyclic) bond motifs is 1. The molecule has 3 rings (SSSR count). The number of pyridine rings is 1. The monoisotopic (exact) mass is 306 g/mol. The van der Waals surface area contributed by atoms with E-state index in [1.54, 1.807) is 29.3 Å². The summed E-state index contributed by atoms with van der Waals surface area (Å²) >= 11 is 12.2. The molecule has 20 heavy (non-hydrogen) atoms. The number of halogens is 2. The number of rotatable bonds is 2. The van der Waals surface area contributed by atoms with Crippen molar-refractivity contribution in [1.29, 1.82) is 0 Å². The SMILES string of the molecule is Cc1cc(Cl)cc(Cl)c1CN1Cc2ncccc2C1=O. The maximum Gasteiger partial charge on any atom is 0.256 e. The average molecular weight is 307 g/mol. The Labute approximate surface area is 127 Å². The highest BCUT2D eigenvalue weighted by Gasteiger charge is 2.28. The summed E-state index contributed by atoms with van der Waals surface area (Å²) in [4.78, 5) is 18.3. The summed E-state index contributed by atoms with van der Waals surface area (Å²) in [6, 6.07) is 7.15. The van der Waals surface area contributed by atoms with Gasteiger partial charge in [0.05, 0.1) is 17.8 Å². The molecule has 3 nitrogen and oxygen atoms in total. The highest BCUT2D eigenvalue weighted by molar-refractivity contribution is 6.35. The molecule has 1 aromatic carbocycles. The van der Waals surface area contributed by atoms with Gasteiger partial charge in [-0.3, -0.25) is 9.78 Å². The summed E-state index contributed by atoms with van der Waals surface area (Å²) in [5.74, 6) is -0.00137. The number of carbonyl (C=O) groups is 1. The van der Waals surface area contributed by atoms with Gasteiger partial charge in [-0.1, -0.05) is 23.2 Å². The molecule has 0 atom stereocenters. The molecule has 1 aliphatic heterocycles. The molecule has 0 aliphatic carbocycles. The summed E-state index contributed by atoms with van der Waals surface area (Å²) in [5, 5.41) is 1.20. The van der Waals surface area contributed by atoms with E-state index in [9.17, 15) is 4.79 Å². The van der Waals surface area contributed by atoms with Crippen LogP contribution in [0, 0.1) is 6.92 Å². The Bertz CT molecular complexity index is 677. The lowest BCUT2D eigenvalue weighted by Gasteiger charge is -2.18. The molecule has 1 amide bonds. The van der Waals surface area contributed by atoms with E-state index >= 15 is 0 Å². The number of aromatic nitrogens is 1. The summed E-state index contributed by atoms with van der Waals surface area (Å²) in [6.07, 6.45) is 1.70. The second-order valence-corrected chi connectivity index (χ2v) is 5.69. The Morgan fingerprint density at radius 2 is 2.15 bits per heavy atom. The Morgan fingerprint density at radius 3 is 2.85 bits per heavy atom. The molecule has 1 aliphatic rings. The van der Waals surface area contributed by atoms with Crippen LogP contribution in [0.1, 0.15) is 27.2 Å². The first-order chi connectivity index (χ1) is 9.56. The van der Waals surface area contributed by atoms with Crippen LogP contribution in [0.3, 0.4) is 0 Å². The summed E-state index contributed by atoms with van der Waals surface area (Å²) in [5.41, 5.74) is 3.41. The molecule has 1 aromatic heterocycles. The Kier molecular flexibility index (Phi) is 3.40. The minimum Gasteiger partial charge on any atom is -0.328 e. The maximum atomic E-state index is 12.3. The van der Waals surface area contributed by atoms with Crippen LogP contribution in [0.25, 0.3) is 0 Å². The van der Waals surface area contributed by atoms with Crippen LogP contribution < -0.4 is 0 Å². The Balaban J connectivity index is 1.90. The third-order valence-corrected chi connectivity index (χ3v) is 4.04. The highest BCUT2D eigenvalue weighted by atomic mass is 35.5. The lowest BCUT2D eigenvalue weighted by Crippen LogP contribution is -2.23. The third-order valence-electron chi connectivity index (χ3n) is 3.48. The van der Waals surface area contributed by atoms with Gasteiger partial charge in [-0.05, 0) is 42.3 Å². The van der Waals surface area contributed by atoms with Gasteiger partial charge in [0, 0.05) is 22.8 Å². The minimum atomic E-state index is -0.00137. The number of hydrogen-bond acceptors (Lipinski definition) is 2. The van der Waals surface area contributed by atoms with Gasteiger partial charge in [0.1, 0.15) is 0 Å². The van der Waals surface area contributed by atoms with Gasteiger partial charge in [-0.25, -0.2) is 0 Å². The van der Waals surface area contributed by atoms with Crippen molar-refractivity contribution in [2.75, 3.05) is 0 Å². The lowest BCUT2D eigenvalue weighted by atomic mass is 10.1. The van der Waals surface area contributed by atoms with Gasteiger partial charge in [-0.15, -0.1) is 0 Å². The minimum absolute atomic E-state index is 0.00137. The molecule has 0 radical (unpaired) electrons. The molecule has 5 heteroatoms. The average Bonchev–Trinajstić information content (AvgIpc) is 2.71. The van der Waals surface area contributed by atoms with Crippen LogP contribution in [0.4, 0.5) is 0 Å². The van der Waals surface area contributed by atoms with Gasteiger partial charge >= 0.3 is 0 Å². The molecule has 2 heterocycles. The van der Waals surface area contributed by atoms with E-state index in [1.165, 1.54) is 0 Å². The van der Waals surface area contributed by atoms with E-state index in [-0.39, 0.29) is 5.91 Å². The predicted molar refractivity (Wildman–Crippen MR) is 79.0 cm³/mol. The number of aryl methyl sites for hydroxylation is 1. The first kappa shape index (κ1) is 13.4. The zero-order chi connectivity index (χ0) is 14.3. The van der Waals surface area contributed by atoms with Crippen LogP contribution >= 0.6 is 23.2 Å². The molecule has 102 valence electrons. The largest absolute Gasteiger partial charge is 0.328 e. The number of carbonyl (C=O) groups excluding carboxylic acids is 1. The maximum absolute atomic E-state index is 12.3. The number of benzene rings is 1. The zero-order valence-corrected chi connectivity index (χ0v) is 12.4. The fourth-order valence-electron chi connectivity index (χ4n) is 2.43. The normalized spacial score (nSPS) is 13.8. The second kappa shape index (κ2) is 5.08. The summed E-state index contributed by atoms with van der Waals surface area (Å²) in [7, 11) is 0. The van der Waals surface area contributed by atoms with Crippen molar-refractivity contribution in [3.8, 4) is 0 Å². The van der Waals surface area contributed by atoms with Crippen LogP contribution in [0.15, 0.2) is 30.5 Å². The van der Waals surface area contributed by atoms with Gasteiger partial charge < -0.3 is 4.90 Å². The van der Waals surface area contributed by atoms with E-state index < -0.39 is 0 Å². The lowest BCUT2D eigenvalue weighted by molar-refractivity contribution is 0.0766. The zero-order valence-electron chi connectivity index (χ0n) is 10.9. The van der Waals surface area contributed by atoms with Crippen molar-refractivity contribution in [2.45, 2.75) is 20.0 Å². The van der Waals surface area contributed by atoms with Gasteiger partial charge in [0.25, 0.3) is 5.91 Å². The van der Waals surface area contributed by atoms with Crippen molar-refractivity contribution < 1.29 is 4.79 Å². The molecule has 0 spiro atoms. The van der Waals surface area contributed by atoms with E-state index in [2.05, 4.69) is 4.98 Å². The third kappa shape index (κ3) is 2.28. The molecule has 0 saturated heterocycles. The van der Waals surface area contributed by atoms with E-state index in [0.717, 1.165) is 16.8 Å². The first-order valence-corrected chi connectivity index (χ1v) is 6.99. The molecule has 2 aromatic rings. The van der Waals surface area contributed by atoms with Crippen LogP contribution in [-0.4, -0.2) is 15.8 Å². The topological polar surface area (TPSA) is 33.2 Å². The molecular weight excluding hydrogens is 295 g/mol. The standard InChI is InChI=1S/C15H12Cl2N2O/c1-9-5-10(16)6-13(17)12(9)7-19-8-14-11(15(19)20)3-2-4-18-14/h2-6H,7-8H2,1H3. The molecule has 0 bridgehead atoms. The smallest absolute Gasteiger partial charge is 0.256 e. The van der Waals surface area contributed by atoms with Gasteiger partial charge in [0.2, 0.25) is 0 Å². The Hall–Kier alpha value is -1.58.